The predicted molar refractivity (Wildman–Crippen MR) is 80.7 cm³/mol. The van der Waals surface area contributed by atoms with Crippen LogP contribution in [-0.4, -0.2) is 23.2 Å². The Bertz CT molecular complexity index is 830. The van der Waals surface area contributed by atoms with Gasteiger partial charge in [0.25, 0.3) is 0 Å². The minimum absolute atomic E-state index is 0.590. The summed E-state index contributed by atoms with van der Waals surface area (Å²) in [7, 11) is 0. The zero-order valence-electron chi connectivity index (χ0n) is 11.7. The van der Waals surface area contributed by atoms with Gasteiger partial charge in [0.2, 0.25) is 0 Å². The molecule has 3 aromatic rings. The SMILES string of the molecule is Cc1cc(-c2ccc3c(c2)OCCO3)nc2ccncc12. The number of hydrogen-bond donors (Lipinski definition) is 0. The highest BCUT2D eigenvalue weighted by atomic mass is 16.6. The van der Waals surface area contributed by atoms with Crippen molar-refractivity contribution in [1.29, 1.82) is 0 Å². The van der Waals surface area contributed by atoms with Gasteiger partial charge < -0.3 is 9.47 Å². The summed E-state index contributed by atoms with van der Waals surface area (Å²) >= 11 is 0. The second kappa shape index (κ2) is 4.74. The number of fused-ring (bicyclic) bond motifs is 2. The van der Waals surface area contributed by atoms with Gasteiger partial charge in [-0.15, -0.1) is 0 Å². The highest BCUT2D eigenvalue weighted by Gasteiger charge is 2.13. The molecular formula is C17H14N2O2. The maximum Gasteiger partial charge on any atom is 0.162 e. The fourth-order valence-electron chi connectivity index (χ4n) is 2.58. The van der Waals surface area contributed by atoms with Crippen LogP contribution in [0.4, 0.5) is 0 Å². The number of benzene rings is 1. The van der Waals surface area contributed by atoms with Crippen molar-refractivity contribution in [2.24, 2.45) is 0 Å². The first-order chi connectivity index (χ1) is 10.3. The number of aryl methyl sites for hydroxylation is 1. The molecule has 0 aliphatic carbocycles. The van der Waals surface area contributed by atoms with Crippen molar-refractivity contribution in [3.05, 3.63) is 48.3 Å². The van der Waals surface area contributed by atoms with E-state index in [0.29, 0.717) is 13.2 Å². The van der Waals surface area contributed by atoms with E-state index in [0.717, 1.165) is 39.2 Å². The van der Waals surface area contributed by atoms with Gasteiger partial charge in [-0.2, -0.15) is 0 Å². The standard InChI is InChI=1S/C17H14N2O2/c1-11-8-15(19-14-4-5-18-10-13(11)14)12-2-3-16-17(9-12)21-7-6-20-16/h2-5,8-10H,6-7H2,1H3. The fourth-order valence-corrected chi connectivity index (χ4v) is 2.58. The van der Waals surface area contributed by atoms with Crippen LogP contribution in [0.25, 0.3) is 22.2 Å². The number of pyridine rings is 2. The summed E-state index contributed by atoms with van der Waals surface area (Å²) in [4.78, 5) is 8.88. The Hall–Kier alpha value is -2.62. The van der Waals surface area contributed by atoms with Crippen LogP contribution < -0.4 is 9.47 Å². The molecule has 0 N–H and O–H groups in total. The maximum absolute atomic E-state index is 5.64. The van der Waals surface area contributed by atoms with E-state index in [1.54, 1.807) is 6.20 Å². The summed E-state index contributed by atoms with van der Waals surface area (Å²) in [6.07, 6.45) is 3.62. The van der Waals surface area contributed by atoms with E-state index in [2.05, 4.69) is 18.0 Å². The molecular weight excluding hydrogens is 264 g/mol. The minimum Gasteiger partial charge on any atom is -0.486 e. The van der Waals surface area contributed by atoms with Crippen LogP contribution in [0.3, 0.4) is 0 Å². The Balaban J connectivity index is 1.86. The van der Waals surface area contributed by atoms with Crippen molar-refractivity contribution in [2.75, 3.05) is 13.2 Å². The van der Waals surface area contributed by atoms with Gasteiger partial charge >= 0.3 is 0 Å². The van der Waals surface area contributed by atoms with Crippen molar-refractivity contribution in [3.63, 3.8) is 0 Å². The topological polar surface area (TPSA) is 44.2 Å². The Labute approximate surface area is 122 Å². The van der Waals surface area contributed by atoms with E-state index < -0.39 is 0 Å². The van der Waals surface area contributed by atoms with Crippen LogP contribution in [-0.2, 0) is 0 Å². The zero-order chi connectivity index (χ0) is 14.2. The predicted octanol–water partition coefficient (Wildman–Crippen LogP) is 3.38. The average molecular weight is 278 g/mol. The third-order valence-electron chi connectivity index (χ3n) is 3.65. The zero-order valence-corrected chi connectivity index (χ0v) is 11.7. The van der Waals surface area contributed by atoms with Crippen LogP contribution >= 0.6 is 0 Å². The third kappa shape index (κ3) is 2.09. The summed E-state index contributed by atoms with van der Waals surface area (Å²) < 4.78 is 11.2. The summed E-state index contributed by atoms with van der Waals surface area (Å²) in [6, 6.07) is 9.96. The molecule has 2 aromatic heterocycles. The van der Waals surface area contributed by atoms with Crippen molar-refractivity contribution in [3.8, 4) is 22.8 Å². The molecule has 0 fully saturated rings. The van der Waals surface area contributed by atoms with E-state index in [1.165, 1.54) is 0 Å². The van der Waals surface area contributed by atoms with Gasteiger partial charge in [-0.25, -0.2) is 4.98 Å². The molecule has 3 heterocycles. The van der Waals surface area contributed by atoms with E-state index in [9.17, 15) is 0 Å². The van der Waals surface area contributed by atoms with Crippen LogP contribution in [0, 0.1) is 6.92 Å². The normalized spacial score (nSPS) is 13.4. The van der Waals surface area contributed by atoms with E-state index in [4.69, 9.17) is 14.5 Å². The lowest BCUT2D eigenvalue weighted by atomic mass is 10.1. The molecule has 0 saturated heterocycles. The molecule has 0 bridgehead atoms. The quantitative estimate of drug-likeness (QED) is 0.684. The largest absolute Gasteiger partial charge is 0.486 e. The Morgan fingerprint density at radius 1 is 1.00 bits per heavy atom. The summed E-state index contributed by atoms with van der Waals surface area (Å²) in [5.41, 5.74) is 4.08. The fraction of sp³-hybridized carbons (Fsp3) is 0.176. The van der Waals surface area contributed by atoms with Crippen LogP contribution in [0.15, 0.2) is 42.7 Å². The highest BCUT2D eigenvalue weighted by Crippen LogP contribution is 2.34. The molecule has 1 aliphatic heterocycles. The first-order valence-electron chi connectivity index (χ1n) is 6.93. The molecule has 4 nitrogen and oxygen atoms in total. The minimum atomic E-state index is 0.590. The molecule has 0 atom stereocenters. The third-order valence-corrected chi connectivity index (χ3v) is 3.65. The maximum atomic E-state index is 5.64. The molecule has 0 saturated carbocycles. The molecule has 0 unspecified atom stereocenters. The highest BCUT2D eigenvalue weighted by molar-refractivity contribution is 5.84. The van der Waals surface area contributed by atoms with Crippen molar-refractivity contribution in [2.45, 2.75) is 6.92 Å². The van der Waals surface area contributed by atoms with E-state index in [1.807, 2.05) is 30.5 Å². The second-order valence-corrected chi connectivity index (χ2v) is 5.08. The number of nitrogens with zero attached hydrogens (tertiary/aromatic N) is 2. The molecule has 104 valence electrons. The lowest BCUT2D eigenvalue weighted by molar-refractivity contribution is 0.171. The molecule has 0 amide bonds. The summed E-state index contributed by atoms with van der Waals surface area (Å²) in [6.45, 7) is 3.27. The number of hydrogen-bond acceptors (Lipinski definition) is 4. The molecule has 0 radical (unpaired) electrons. The Morgan fingerprint density at radius 2 is 1.86 bits per heavy atom. The van der Waals surface area contributed by atoms with E-state index >= 15 is 0 Å². The van der Waals surface area contributed by atoms with Gasteiger partial charge in [0.05, 0.1) is 11.2 Å². The smallest absolute Gasteiger partial charge is 0.162 e. The van der Waals surface area contributed by atoms with Gasteiger partial charge in [0.15, 0.2) is 11.5 Å². The van der Waals surface area contributed by atoms with Crippen LogP contribution in [0.1, 0.15) is 5.56 Å². The van der Waals surface area contributed by atoms with Gasteiger partial charge in [-0.3, -0.25) is 4.98 Å². The van der Waals surface area contributed by atoms with Crippen molar-refractivity contribution in [1.82, 2.24) is 9.97 Å². The lowest BCUT2D eigenvalue weighted by Crippen LogP contribution is -2.15. The first kappa shape index (κ1) is 12.1. The molecule has 21 heavy (non-hydrogen) atoms. The van der Waals surface area contributed by atoms with Gasteiger partial charge in [0, 0.05) is 23.3 Å². The summed E-state index contributed by atoms with van der Waals surface area (Å²) in [5, 5.41) is 1.08. The number of rotatable bonds is 1. The van der Waals surface area contributed by atoms with Gasteiger partial charge in [0.1, 0.15) is 13.2 Å². The molecule has 1 aliphatic rings. The number of ether oxygens (including phenoxy) is 2. The monoisotopic (exact) mass is 278 g/mol. The van der Waals surface area contributed by atoms with Crippen molar-refractivity contribution >= 4 is 10.9 Å². The molecule has 1 aromatic carbocycles. The molecule has 4 heteroatoms. The second-order valence-electron chi connectivity index (χ2n) is 5.08. The van der Waals surface area contributed by atoms with Crippen LogP contribution in [0.2, 0.25) is 0 Å². The summed E-state index contributed by atoms with van der Waals surface area (Å²) in [5.74, 6) is 1.58. The van der Waals surface area contributed by atoms with E-state index in [-0.39, 0.29) is 0 Å². The van der Waals surface area contributed by atoms with Gasteiger partial charge in [-0.05, 0) is 42.8 Å². The Kier molecular flexibility index (Phi) is 2.74. The van der Waals surface area contributed by atoms with Crippen LogP contribution in [0.5, 0.6) is 11.5 Å². The number of aromatic nitrogens is 2. The van der Waals surface area contributed by atoms with Gasteiger partial charge in [-0.1, -0.05) is 0 Å². The average Bonchev–Trinajstić information content (AvgIpc) is 2.54. The molecule has 0 spiro atoms. The Morgan fingerprint density at radius 3 is 2.76 bits per heavy atom. The van der Waals surface area contributed by atoms with Crippen molar-refractivity contribution < 1.29 is 9.47 Å². The first-order valence-corrected chi connectivity index (χ1v) is 6.93. The lowest BCUT2D eigenvalue weighted by Gasteiger charge is -2.19. The molecule has 4 rings (SSSR count).